The van der Waals surface area contributed by atoms with Gasteiger partial charge >= 0.3 is 6.03 Å². The van der Waals surface area contributed by atoms with Gasteiger partial charge in [-0.25, -0.2) is 4.79 Å². The number of nitrogens with one attached hydrogen (secondary N) is 4. The monoisotopic (exact) mass is 414 g/mol. The van der Waals surface area contributed by atoms with E-state index in [1.807, 2.05) is 32.0 Å². The maximum absolute atomic E-state index is 12.6. The van der Waals surface area contributed by atoms with Gasteiger partial charge in [-0.3, -0.25) is 4.79 Å². The minimum Gasteiger partial charge on any atom is -0.350 e. The minimum atomic E-state index is -0.322. The Morgan fingerprint density at radius 3 is 2.38 bits per heavy atom. The molecule has 0 radical (unpaired) electrons. The van der Waals surface area contributed by atoms with E-state index in [2.05, 4.69) is 36.9 Å². The summed E-state index contributed by atoms with van der Waals surface area (Å²) in [6, 6.07) is 14.3. The molecule has 0 bridgehead atoms. The molecular weight excluding hydrogens is 396 g/mol. The van der Waals surface area contributed by atoms with Gasteiger partial charge in [0, 0.05) is 21.4 Å². The Morgan fingerprint density at radius 2 is 1.69 bits per heavy atom. The van der Waals surface area contributed by atoms with Gasteiger partial charge in [0.1, 0.15) is 5.69 Å². The van der Waals surface area contributed by atoms with Crippen molar-refractivity contribution >= 4 is 50.1 Å². The van der Waals surface area contributed by atoms with Crippen LogP contribution in [0.2, 0.25) is 0 Å². The molecule has 0 saturated carbocycles. The molecule has 0 fully saturated rings. The number of urea groups is 1. The molecule has 2 aromatic carbocycles. The number of aromatic amines is 1. The fourth-order valence-electron chi connectivity index (χ4n) is 2.53. The third-order valence-corrected chi connectivity index (χ3v) is 4.17. The van der Waals surface area contributed by atoms with Crippen molar-refractivity contribution in [2.24, 2.45) is 0 Å². The van der Waals surface area contributed by atoms with Crippen molar-refractivity contribution in [3.63, 3.8) is 0 Å². The van der Waals surface area contributed by atoms with Crippen molar-refractivity contribution in [3.05, 3.63) is 58.7 Å². The second-order valence-corrected chi connectivity index (χ2v) is 7.08. The Morgan fingerprint density at radius 1 is 1.00 bits per heavy atom. The summed E-state index contributed by atoms with van der Waals surface area (Å²) in [6.45, 7) is 3.75. The van der Waals surface area contributed by atoms with Gasteiger partial charge < -0.3 is 20.9 Å². The van der Waals surface area contributed by atoms with Crippen molar-refractivity contribution in [1.82, 2.24) is 10.3 Å². The Kier molecular flexibility index (Phi) is 5.27. The SMILES string of the molecule is CC(C)NC(=O)Nc1ccccc1NC(=O)c1cc2ccc(Br)cc2[nH]1. The fraction of sp³-hybridized carbons (Fsp3) is 0.158. The summed E-state index contributed by atoms with van der Waals surface area (Å²) in [4.78, 5) is 27.6. The summed E-state index contributed by atoms with van der Waals surface area (Å²) in [5.41, 5.74) is 2.36. The van der Waals surface area contributed by atoms with Crippen molar-refractivity contribution < 1.29 is 9.59 Å². The number of anilines is 2. The Balaban J connectivity index is 1.79. The number of rotatable bonds is 4. The van der Waals surface area contributed by atoms with Crippen LogP contribution in [0.15, 0.2) is 53.0 Å². The molecule has 134 valence electrons. The van der Waals surface area contributed by atoms with Crippen LogP contribution < -0.4 is 16.0 Å². The standard InChI is InChI=1S/C19H19BrN4O2/c1-11(2)21-19(26)24-15-6-4-3-5-14(15)23-18(25)17-9-12-7-8-13(20)10-16(12)22-17/h3-11,22H,1-2H3,(H,23,25)(H2,21,24,26). The smallest absolute Gasteiger partial charge is 0.319 e. The maximum Gasteiger partial charge on any atom is 0.319 e. The van der Waals surface area contributed by atoms with E-state index in [9.17, 15) is 9.59 Å². The van der Waals surface area contributed by atoms with E-state index in [1.54, 1.807) is 30.3 Å². The van der Waals surface area contributed by atoms with E-state index >= 15 is 0 Å². The predicted octanol–water partition coefficient (Wildman–Crippen LogP) is 4.71. The lowest BCUT2D eigenvalue weighted by molar-refractivity contribution is 0.102. The second-order valence-electron chi connectivity index (χ2n) is 6.17. The normalized spacial score (nSPS) is 10.8. The molecule has 1 heterocycles. The van der Waals surface area contributed by atoms with Crippen LogP contribution >= 0.6 is 15.9 Å². The zero-order valence-corrected chi connectivity index (χ0v) is 16.0. The number of H-pyrrole nitrogens is 1. The van der Waals surface area contributed by atoms with Gasteiger partial charge in [0.25, 0.3) is 5.91 Å². The van der Waals surface area contributed by atoms with Crippen molar-refractivity contribution in [1.29, 1.82) is 0 Å². The van der Waals surface area contributed by atoms with Crippen LogP contribution in [0.1, 0.15) is 24.3 Å². The van der Waals surface area contributed by atoms with Crippen LogP contribution in [-0.4, -0.2) is 23.0 Å². The molecule has 3 amide bonds. The van der Waals surface area contributed by atoms with Gasteiger partial charge in [-0.1, -0.05) is 34.1 Å². The highest BCUT2D eigenvalue weighted by Crippen LogP contribution is 2.24. The largest absolute Gasteiger partial charge is 0.350 e. The average Bonchev–Trinajstić information content (AvgIpc) is 2.99. The molecular formula is C19H19BrN4O2. The number of benzene rings is 2. The van der Waals surface area contributed by atoms with Crippen LogP contribution in [0.3, 0.4) is 0 Å². The number of fused-ring (bicyclic) bond motifs is 1. The molecule has 0 saturated heterocycles. The Hall–Kier alpha value is -2.80. The highest BCUT2D eigenvalue weighted by atomic mass is 79.9. The molecule has 0 aliphatic heterocycles. The number of amides is 3. The molecule has 0 aliphatic carbocycles. The summed E-state index contributed by atoms with van der Waals surface area (Å²) in [6.07, 6.45) is 0. The van der Waals surface area contributed by atoms with Gasteiger partial charge in [0.2, 0.25) is 0 Å². The first kappa shape index (κ1) is 18.0. The molecule has 0 atom stereocenters. The molecule has 3 aromatic rings. The van der Waals surface area contributed by atoms with E-state index in [-0.39, 0.29) is 18.0 Å². The van der Waals surface area contributed by atoms with Gasteiger partial charge in [0.05, 0.1) is 11.4 Å². The average molecular weight is 415 g/mol. The number of para-hydroxylation sites is 2. The molecule has 1 aromatic heterocycles. The highest BCUT2D eigenvalue weighted by Gasteiger charge is 2.13. The number of halogens is 1. The van der Waals surface area contributed by atoms with Gasteiger partial charge in [-0.05, 0) is 44.2 Å². The molecule has 4 N–H and O–H groups in total. The zero-order valence-electron chi connectivity index (χ0n) is 14.4. The van der Waals surface area contributed by atoms with Crippen LogP contribution in [0.4, 0.5) is 16.2 Å². The zero-order chi connectivity index (χ0) is 18.7. The summed E-state index contributed by atoms with van der Waals surface area (Å²) in [5, 5.41) is 9.29. The van der Waals surface area contributed by atoms with Crippen LogP contribution in [0, 0.1) is 0 Å². The number of carbonyl (C=O) groups is 2. The van der Waals surface area contributed by atoms with Crippen molar-refractivity contribution in [2.45, 2.75) is 19.9 Å². The third kappa shape index (κ3) is 4.23. The first-order valence-corrected chi connectivity index (χ1v) is 8.98. The molecule has 6 nitrogen and oxygen atoms in total. The van der Waals surface area contributed by atoms with Crippen LogP contribution in [-0.2, 0) is 0 Å². The lowest BCUT2D eigenvalue weighted by Gasteiger charge is -2.14. The van der Waals surface area contributed by atoms with E-state index in [0.29, 0.717) is 17.1 Å². The number of carbonyl (C=O) groups excluding carboxylic acids is 2. The lowest BCUT2D eigenvalue weighted by Crippen LogP contribution is -2.34. The number of hydrogen-bond acceptors (Lipinski definition) is 2. The second kappa shape index (κ2) is 7.61. The van der Waals surface area contributed by atoms with E-state index in [4.69, 9.17) is 0 Å². The molecule has 0 spiro atoms. The third-order valence-electron chi connectivity index (χ3n) is 3.67. The van der Waals surface area contributed by atoms with Crippen molar-refractivity contribution in [2.75, 3.05) is 10.6 Å². The highest BCUT2D eigenvalue weighted by molar-refractivity contribution is 9.10. The summed E-state index contributed by atoms with van der Waals surface area (Å²) in [7, 11) is 0. The fourth-order valence-corrected chi connectivity index (χ4v) is 2.89. The first-order chi connectivity index (χ1) is 12.4. The van der Waals surface area contributed by atoms with Crippen LogP contribution in [0.25, 0.3) is 10.9 Å². The maximum atomic E-state index is 12.6. The summed E-state index contributed by atoms with van der Waals surface area (Å²) < 4.78 is 0.935. The van der Waals surface area contributed by atoms with E-state index in [1.165, 1.54) is 0 Å². The number of aromatic nitrogens is 1. The summed E-state index contributed by atoms with van der Waals surface area (Å²) in [5.74, 6) is -0.282. The minimum absolute atomic E-state index is 0.0161. The molecule has 26 heavy (non-hydrogen) atoms. The van der Waals surface area contributed by atoms with Gasteiger partial charge in [0.15, 0.2) is 0 Å². The molecule has 7 heteroatoms. The van der Waals surface area contributed by atoms with E-state index < -0.39 is 0 Å². The predicted molar refractivity (Wildman–Crippen MR) is 108 cm³/mol. The molecule has 3 rings (SSSR count). The molecule has 0 unspecified atom stereocenters. The number of hydrogen-bond donors (Lipinski definition) is 4. The summed E-state index contributed by atoms with van der Waals surface area (Å²) >= 11 is 3.42. The lowest BCUT2D eigenvalue weighted by atomic mass is 10.2. The topological polar surface area (TPSA) is 86.0 Å². The Labute approximate surface area is 159 Å². The van der Waals surface area contributed by atoms with Gasteiger partial charge in [-0.2, -0.15) is 0 Å². The quantitative estimate of drug-likeness (QED) is 0.498. The Bertz CT molecular complexity index is 965. The molecule has 0 aliphatic rings. The van der Waals surface area contributed by atoms with Crippen LogP contribution in [0.5, 0.6) is 0 Å². The van der Waals surface area contributed by atoms with E-state index in [0.717, 1.165) is 15.4 Å². The first-order valence-electron chi connectivity index (χ1n) is 8.18. The van der Waals surface area contributed by atoms with Gasteiger partial charge in [-0.15, -0.1) is 0 Å². The van der Waals surface area contributed by atoms with Crippen molar-refractivity contribution in [3.8, 4) is 0 Å².